The standard InChI is InChI=1S/C20H17NO2S/c1-21(13-15-11-12-24-14-15)20(23)18-10-6-5-9-17(18)19(22)16-7-3-2-4-8-16/h2-12,14H,13H2,1H3. The molecule has 0 spiro atoms. The molecule has 120 valence electrons. The number of rotatable bonds is 5. The molecular weight excluding hydrogens is 318 g/mol. The van der Waals surface area contributed by atoms with Crippen LogP contribution < -0.4 is 0 Å². The fourth-order valence-corrected chi connectivity index (χ4v) is 3.21. The number of amides is 1. The first-order valence-corrected chi connectivity index (χ1v) is 8.56. The average molecular weight is 335 g/mol. The summed E-state index contributed by atoms with van der Waals surface area (Å²) in [4.78, 5) is 27.2. The van der Waals surface area contributed by atoms with Crippen LogP contribution in [0.25, 0.3) is 0 Å². The van der Waals surface area contributed by atoms with Crippen LogP contribution in [0.1, 0.15) is 31.8 Å². The maximum absolute atomic E-state index is 12.8. The molecule has 0 aliphatic heterocycles. The molecule has 0 bridgehead atoms. The van der Waals surface area contributed by atoms with Gasteiger partial charge in [0.15, 0.2) is 5.78 Å². The van der Waals surface area contributed by atoms with E-state index < -0.39 is 0 Å². The van der Waals surface area contributed by atoms with Gasteiger partial charge in [0.2, 0.25) is 0 Å². The summed E-state index contributed by atoms with van der Waals surface area (Å²) in [6, 6.07) is 18.0. The maximum Gasteiger partial charge on any atom is 0.254 e. The third-order valence-electron chi connectivity index (χ3n) is 3.78. The Balaban J connectivity index is 1.88. The molecule has 0 aliphatic rings. The zero-order valence-electron chi connectivity index (χ0n) is 13.3. The van der Waals surface area contributed by atoms with Crippen LogP contribution in [0.4, 0.5) is 0 Å². The lowest BCUT2D eigenvalue weighted by Gasteiger charge is -2.18. The van der Waals surface area contributed by atoms with Gasteiger partial charge in [0.1, 0.15) is 0 Å². The predicted molar refractivity (Wildman–Crippen MR) is 96.4 cm³/mol. The van der Waals surface area contributed by atoms with Crippen molar-refractivity contribution in [2.45, 2.75) is 6.54 Å². The molecule has 24 heavy (non-hydrogen) atoms. The Bertz CT molecular complexity index is 841. The fourth-order valence-electron chi connectivity index (χ4n) is 2.55. The Morgan fingerprint density at radius 3 is 2.25 bits per heavy atom. The highest BCUT2D eigenvalue weighted by Gasteiger charge is 2.20. The highest BCUT2D eigenvalue weighted by molar-refractivity contribution is 7.07. The summed E-state index contributed by atoms with van der Waals surface area (Å²) in [6.45, 7) is 0.524. The van der Waals surface area contributed by atoms with Crippen LogP contribution in [0.15, 0.2) is 71.4 Å². The molecule has 3 aromatic rings. The Hall–Kier alpha value is -2.72. The van der Waals surface area contributed by atoms with Gasteiger partial charge in [0.05, 0.1) is 5.56 Å². The van der Waals surface area contributed by atoms with E-state index in [0.29, 0.717) is 23.2 Å². The summed E-state index contributed by atoms with van der Waals surface area (Å²) in [5.41, 5.74) is 2.54. The maximum atomic E-state index is 12.8. The number of carbonyl (C=O) groups is 2. The van der Waals surface area contributed by atoms with Crippen molar-refractivity contribution in [2.24, 2.45) is 0 Å². The third-order valence-corrected chi connectivity index (χ3v) is 4.52. The molecule has 0 atom stereocenters. The molecule has 0 saturated heterocycles. The Morgan fingerprint density at radius 1 is 0.917 bits per heavy atom. The second-order valence-electron chi connectivity index (χ2n) is 5.53. The summed E-state index contributed by atoms with van der Waals surface area (Å²) >= 11 is 1.60. The normalized spacial score (nSPS) is 10.4. The highest BCUT2D eigenvalue weighted by Crippen LogP contribution is 2.18. The molecule has 1 heterocycles. The second kappa shape index (κ2) is 7.23. The van der Waals surface area contributed by atoms with E-state index >= 15 is 0 Å². The van der Waals surface area contributed by atoms with Gasteiger partial charge >= 0.3 is 0 Å². The predicted octanol–water partition coefficient (Wildman–Crippen LogP) is 4.25. The van der Waals surface area contributed by atoms with Crippen molar-refractivity contribution in [3.05, 3.63) is 93.7 Å². The van der Waals surface area contributed by atoms with E-state index in [1.54, 1.807) is 59.7 Å². The molecule has 3 rings (SSSR count). The number of ketones is 1. The molecule has 0 radical (unpaired) electrons. The van der Waals surface area contributed by atoms with Gasteiger partial charge in [-0.05, 0) is 28.5 Å². The zero-order chi connectivity index (χ0) is 16.9. The van der Waals surface area contributed by atoms with E-state index in [1.807, 2.05) is 35.0 Å². The first kappa shape index (κ1) is 16.1. The molecule has 0 aliphatic carbocycles. The molecule has 1 amide bonds. The lowest BCUT2D eigenvalue weighted by Crippen LogP contribution is -2.27. The van der Waals surface area contributed by atoms with Crippen LogP contribution in [0, 0.1) is 0 Å². The largest absolute Gasteiger partial charge is 0.337 e. The average Bonchev–Trinajstić information content (AvgIpc) is 3.14. The van der Waals surface area contributed by atoms with Crippen molar-refractivity contribution >= 4 is 23.0 Å². The number of benzene rings is 2. The van der Waals surface area contributed by atoms with Crippen LogP contribution in [0.3, 0.4) is 0 Å². The molecule has 1 aromatic heterocycles. The number of nitrogens with zero attached hydrogens (tertiary/aromatic N) is 1. The first-order valence-electron chi connectivity index (χ1n) is 7.62. The van der Waals surface area contributed by atoms with Crippen molar-refractivity contribution in [1.82, 2.24) is 4.90 Å². The van der Waals surface area contributed by atoms with Crippen molar-refractivity contribution < 1.29 is 9.59 Å². The van der Waals surface area contributed by atoms with E-state index in [2.05, 4.69) is 0 Å². The zero-order valence-corrected chi connectivity index (χ0v) is 14.1. The molecule has 0 N–H and O–H groups in total. The van der Waals surface area contributed by atoms with Crippen LogP contribution in [-0.2, 0) is 6.54 Å². The van der Waals surface area contributed by atoms with E-state index in [1.165, 1.54) is 0 Å². The van der Waals surface area contributed by atoms with E-state index in [4.69, 9.17) is 0 Å². The second-order valence-corrected chi connectivity index (χ2v) is 6.31. The summed E-state index contributed by atoms with van der Waals surface area (Å²) in [7, 11) is 1.75. The molecule has 0 saturated carbocycles. The van der Waals surface area contributed by atoms with Crippen LogP contribution >= 0.6 is 11.3 Å². The first-order chi connectivity index (χ1) is 11.7. The van der Waals surface area contributed by atoms with Gasteiger partial charge in [-0.15, -0.1) is 0 Å². The van der Waals surface area contributed by atoms with Gasteiger partial charge in [-0.2, -0.15) is 11.3 Å². The van der Waals surface area contributed by atoms with Gasteiger partial charge in [-0.25, -0.2) is 0 Å². The van der Waals surface area contributed by atoms with E-state index in [9.17, 15) is 9.59 Å². The Labute approximate surface area is 145 Å². The minimum Gasteiger partial charge on any atom is -0.337 e. The van der Waals surface area contributed by atoms with Crippen molar-refractivity contribution in [3.63, 3.8) is 0 Å². The van der Waals surface area contributed by atoms with E-state index in [0.717, 1.165) is 5.56 Å². The number of carbonyl (C=O) groups excluding carboxylic acids is 2. The van der Waals surface area contributed by atoms with Gasteiger partial charge in [0, 0.05) is 24.7 Å². The van der Waals surface area contributed by atoms with Crippen LogP contribution in [-0.4, -0.2) is 23.6 Å². The number of hydrogen-bond donors (Lipinski definition) is 0. The summed E-state index contributed by atoms with van der Waals surface area (Å²) < 4.78 is 0. The summed E-state index contributed by atoms with van der Waals surface area (Å²) in [6.07, 6.45) is 0. The van der Waals surface area contributed by atoms with Crippen LogP contribution in [0.5, 0.6) is 0 Å². The topological polar surface area (TPSA) is 37.4 Å². The molecular formula is C20H17NO2S. The fraction of sp³-hybridized carbons (Fsp3) is 0.100. The van der Waals surface area contributed by atoms with Gasteiger partial charge < -0.3 is 4.90 Å². The van der Waals surface area contributed by atoms with Crippen molar-refractivity contribution in [3.8, 4) is 0 Å². The smallest absolute Gasteiger partial charge is 0.254 e. The number of hydrogen-bond acceptors (Lipinski definition) is 3. The lowest BCUT2D eigenvalue weighted by molar-refractivity contribution is 0.0780. The number of thiophene rings is 1. The quantitative estimate of drug-likeness (QED) is 0.654. The third kappa shape index (κ3) is 3.44. The summed E-state index contributed by atoms with van der Waals surface area (Å²) in [5.74, 6) is -0.287. The van der Waals surface area contributed by atoms with Crippen molar-refractivity contribution in [1.29, 1.82) is 0 Å². The summed E-state index contributed by atoms with van der Waals surface area (Å²) in [5, 5.41) is 4.01. The molecule has 2 aromatic carbocycles. The van der Waals surface area contributed by atoms with Gasteiger partial charge in [-0.1, -0.05) is 48.5 Å². The highest BCUT2D eigenvalue weighted by atomic mass is 32.1. The van der Waals surface area contributed by atoms with Crippen LogP contribution in [0.2, 0.25) is 0 Å². The SMILES string of the molecule is CN(Cc1ccsc1)C(=O)c1ccccc1C(=O)c1ccccc1. The van der Waals surface area contributed by atoms with Gasteiger partial charge in [0.25, 0.3) is 5.91 Å². The minimum absolute atomic E-state index is 0.136. The Kier molecular flexibility index (Phi) is 4.87. The van der Waals surface area contributed by atoms with Crippen molar-refractivity contribution in [2.75, 3.05) is 7.05 Å². The molecule has 0 fully saturated rings. The monoisotopic (exact) mass is 335 g/mol. The van der Waals surface area contributed by atoms with Gasteiger partial charge in [-0.3, -0.25) is 9.59 Å². The molecule has 3 nitrogen and oxygen atoms in total. The lowest BCUT2D eigenvalue weighted by atomic mass is 9.97. The minimum atomic E-state index is -0.152. The Morgan fingerprint density at radius 2 is 1.58 bits per heavy atom. The van der Waals surface area contributed by atoms with E-state index in [-0.39, 0.29) is 11.7 Å². The molecule has 4 heteroatoms. The molecule has 0 unspecified atom stereocenters.